The van der Waals surface area contributed by atoms with Crippen molar-refractivity contribution in [3.8, 4) is 0 Å². The van der Waals surface area contributed by atoms with Gasteiger partial charge < -0.3 is 10.2 Å². The Morgan fingerprint density at radius 2 is 1.65 bits per heavy atom. The molecule has 2 nitrogen and oxygen atoms in total. The van der Waals surface area contributed by atoms with Gasteiger partial charge in [-0.2, -0.15) is 0 Å². The molecule has 0 atom stereocenters. The predicted octanol–water partition coefficient (Wildman–Crippen LogP) is 3.52. The first kappa shape index (κ1) is 16.9. The molecule has 0 aromatic carbocycles. The topological polar surface area (TPSA) is 15.3 Å². The third-order valence-corrected chi connectivity index (χ3v) is 3.36. The molecule has 0 aliphatic rings. The van der Waals surface area contributed by atoms with Crippen LogP contribution in [0.5, 0.6) is 0 Å². The second-order valence-corrected chi connectivity index (χ2v) is 5.42. The Balaban J connectivity index is 3.92. The van der Waals surface area contributed by atoms with Crippen LogP contribution in [0.15, 0.2) is 0 Å². The van der Waals surface area contributed by atoms with E-state index in [-0.39, 0.29) is 0 Å². The first-order chi connectivity index (χ1) is 8.15. The standard InChI is InChI=1S/C15H34N2/c1-6-15(7-2)17(13-14(4)5)12-10-9-11-16-8-3/h14-16H,6-13H2,1-5H3. The van der Waals surface area contributed by atoms with Gasteiger partial charge in [0.1, 0.15) is 0 Å². The van der Waals surface area contributed by atoms with Gasteiger partial charge in [0, 0.05) is 12.6 Å². The van der Waals surface area contributed by atoms with Crippen LogP contribution in [0.1, 0.15) is 60.3 Å². The van der Waals surface area contributed by atoms with Gasteiger partial charge in [0.2, 0.25) is 0 Å². The zero-order chi connectivity index (χ0) is 13.1. The third kappa shape index (κ3) is 8.62. The van der Waals surface area contributed by atoms with Crippen molar-refractivity contribution in [3.05, 3.63) is 0 Å². The van der Waals surface area contributed by atoms with Crippen molar-refractivity contribution in [3.63, 3.8) is 0 Å². The highest BCUT2D eigenvalue weighted by molar-refractivity contribution is 4.70. The molecule has 0 aromatic heterocycles. The van der Waals surface area contributed by atoms with Crippen molar-refractivity contribution in [1.29, 1.82) is 0 Å². The lowest BCUT2D eigenvalue weighted by Gasteiger charge is -2.32. The van der Waals surface area contributed by atoms with Crippen molar-refractivity contribution in [1.82, 2.24) is 10.2 Å². The fourth-order valence-corrected chi connectivity index (χ4v) is 2.44. The van der Waals surface area contributed by atoms with Gasteiger partial charge in [0.15, 0.2) is 0 Å². The van der Waals surface area contributed by atoms with E-state index in [1.807, 2.05) is 0 Å². The van der Waals surface area contributed by atoms with E-state index < -0.39 is 0 Å². The highest BCUT2D eigenvalue weighted by Crippen LogP contribution is 2.12. The first-order valence-corrected chi connectivity index (χ1v) is 7.60. The summed E-state index contributed by atoms with van der Waals surface area (Å²) >= 11 is 0. The maximum absolute atomic E-state index is 3.40. The monoisotopic (exact) mass is 242 g/mol. The van der Waals surface area contributed by atoms with E-state index in [2.05, 4.69) is 44.8 Å². The van der Waals surface area contributed by atoms with Gasteiger partial charge in [-0.1, -0.05) is 34.6 Å². The third-order valence-electron chi connectivity index (χ3n) is 3.36. The molecule has 104 valence electrons. The van der Waals surface area contributed by atoms with Crippen LogP contribution in [0.25, 0.3) is 0 Å². The molecule has 1 N–H and O–H groups in total. The summed E-state index contributed by atoms with van der Waals surface area (Å²) in [6, 6.07) is 0.788. The molecule has 2 heteroatoms. The second kappa shape index (κ2) is 11.0. The van der Waals surface area contributed by atoms with Crippen molar-refractivity contribution in [2.24, 2.45) is 5.92 Å². The van der Waals surface area contributed by atoms with Gasteiger partial charge in [-0.3, -0.25) is 0 Å². The second-order valence-electron chi connectivity index (χ2n) is 5.42. The van der Waals surface area contributed by atoms with Crippen LogP contribution in [0.3, 0.4) is 0 Å². The van der Waals surface area contributed by atoms with Crippen LogP contribution >= 0.6 is 0 Å². The summed E-state index contributed by atoms with van der Waals surface area (Å²) in [5.41, 5.74) is 0. The normalized spacial score (nSPS) is 12.0. The molecule has 0 saturated heterocycles. The number of hydrogen-bond donors (Lipinski definition) is 1. The van der Waals surface area contributed by atoms with Crippen molar-refractivity contribution >= 4 is 0 Å². The number of unbranched alkanes of at least 4 members (excludes halogenated alkanes) is 1. The molecule has 0 heterocycles. The summed E-state index contributed by atoms with van der Waals surface area (Å²) in [6.45, 7) is 16.3. The van der Waals surface area contributed by atoms with Crippen LogP contribution in [0.4, 0.5) is 0 Å². The van der Waals surface area contributed by atoms with Crippen molar-refractivity contribution in [2.45, 2.75) is 66.3 Å². The Morgan fingerprint density at radius 1 is 1.00 bits per heavy atom. The quantitative estimate of drug-likeness (QED) is 0.558. The van der Waals surface area contributed by atoms with Crippen molar-refractivity contribution in [2.75, 3.05) is 26.2 Å². The Hall–Kier alpha value is -0.0800. The molecule has 0 aliphatic heterocycles. The molecule has 17 heavy (non-hydrogen) atoms. The molecule has 0 aliphatic carbocycles. The number of nitrogens with one attached hydrogen (secondary N) is 1. The minimum Gasteiger partial charge on any atom is -0.317 e. The van der Waals surface area contributed by atoms with Gasteiger partial charge in [-0.25, -0.2) is 0 Å². The summed E-state index contributed by atoms with van der Waals surface area (Å²) in [6.07, 6.45) is 5.21. The van der Waals surface area contributed by atoms with Crippen molar-refractivity contribution < 1.29 is 0 Å². The smallest absolute Gasteiger partial charge is 0.00901 e. The average Bonchev–Trinajstić information content (AvgIpc) is 2.29. The van der Waals surface area contributed by atoms with E-state index in [1.54, 1.807) is 0 Å². The van der Waals surface area contributed by atoms with E-state index >= 15 is 0 Å². The van der Waals surface area contributed by atoms with Crippen LogP contribution in [-0.4, -0.2) is 37.1 Å². The maximum Gasteiger partial charge on any atom is 0.00901 e. The van der Waals surface area contributed by atoms with Gasteiger partial charge in [-0.05, 0) is 51.2 Å². The SMILES string of the molecule is CCNCCCCN(CC(C)C)C(CC)CC. The zero-order valence-corrected chi connectivity index (χ0v) is 12.8. The molecule has 0 amide bonds. The Morgan fingerprint density at radius 3 is 2.12 bits per heavy atom. The molecule has 0 unspecified atom stereocenters. The molecule has 0 spiro atoms. The van der Waals surface area contributed by atoms with Gasteiger partial charge in [0.25, 0.3) is 0 Å². The zero-order valence-electron chi connectivity index (χ0n) is 12.8. The average molecular weight is 242 g/mol. The molecular formula is C15H34N2. The molecular weight excluding hydrogens is 208 g/mol. The summed E-state index contributed by atoms with van der Waals surface area (Å²) < 4.78 is 0. The van der Waals surface area contributed by atoms with E-state index in [0.717, 1.165) is 18.5 Å². The summed E-state index contributed by atoms with van der Waals surface area (Å²) in [7, 11) is 0. The van der Waals surface area contributed by atoms with Gasteiger partial charge in [-0.15, -0.1) is 0 Å². The maximum atomic E-state index is 3.40. The first-order valence-electron chi connectivity index (χ1n) is 7.60. The van der Waals surface area contributed by atoms with E-state index in [4.69, 9.17) is 0 Å². The minimum absolute atomic E-state index is 0.782. The Labute approximate surface area is 109 Å². The lowest BCUT2D eigenvalue weighted by atomic mass is 10.1. The highest BCUT2D eigenvalue weighted by atomic mass is 15.1. The summed E-state index contributed by atoms with van der Waals surface area (Å²) in [5.74, 6) is 0.782. The Kier molecular flexibility index (Phi) is 11.0. The van der Waals surface area contributed by atoms with Crippen LogP contribution in [-0.2, 0) is 0 Å². The van der Waals surface area contributed by atoms with Gasteiger partial charge >= 0.3 is 0 Å². The molecule has 0 fully saturated rings. The molecule has 0 rings (SSSR count). The minimum atomic E-state index is 0.782. The van der Waals surface area contributed by atoms with E-state index in [1.165, 1.54) is 45.3 Å². The molecule has 0 bridgehead atoms. The summed E-state index contributed by atoms with van der Waals surface area (Å²) in [5, 5.41) is 3.40. The number of hydrogen-bond acceptors (Lipinski definition) is 2. The molecule has 0 radical (unpaired) electrons. The van der Waals surface area contributed by atoms with Crippen LogP contribution in [0, 0.1) is 5.92 Å². The van der Waals surface area contributed by atoms with Gasteiger partial charge in [0.05, 0.1) is 0 Å². The Bertz CT molecular complexity index is 153. The van der Waals surface area contributed by atoms with E-state index in [0.29, 0.717) is 0 Å². The lowest BCUT2D eigenvalue weighted by molar-refractivity contribution is 0.163. The number of nitrogens with zero attached hydrogens (tertiary/aromatic N) is 1. The van der Waals surface area contributed by atoms with Crippen LogP contribution < -0.4 is 5.32 Å². The highest BCUT2D eigenvalue weighted by Gasteiger charge is 2.15. The lowest BCUT2D eigenvalue weighted by Crippen LogP contribution is -2.38. The predicted molar refractivity (Wildman–Crippen MR) is 78.6 cm³/mol. The van der Waals surface area contributed by atoms with Crippen LogP contribution in [0.2, 0.25) is 0 Å². The largest absolute Gasteiger partial charge is 0.317 e. The fraction of sp³-hybridized carbons (Fsp3) is 1.00. The fourth-order valence-electron chi connectivity index (χ4n) is 2.44. The molecule has 0 aromatic rings. The van der Waals surface area contributed by atoms with E-state index in [9.17, 15) is 0 Å². The molecule has 0 saturated carbocycles. The number of rotatable bonds is 11. The summed E-state index contributed by atoms with van der Waals surface area (Å²) in [4.78, 5) is 2.70.